The van der Waals surface area contributed by atoms with Crippen molar-refractivity contribution in [2.75, 3.05) is 6.54 Å². The number of thiophene rings is 1. The molecule has 3 N–H and O–H groups in total. The van der Waals surface area contributed by atoms with Crippen molar-refractivity contribution in [3.63, 3.8) is 0 Å². The maximum Gasteiger partial charge on any atom is 0.0318 e. The molecule has 0 fully saturated rings. The van der Waals surface area contributed by atoms with E-state index in [1.807, 2.05) is 11.3 Å². The van der Waals surface area contributed by atoms with Crippen molar-refractivity contribution in [2.24, 2.45) is 5.73 Å². The first-order valence-corrected chi connectivity index (χ1v) is 7.43. The smallest absolute Gasteiger partial charge is 0.0318 e. The van der Waals surface area contributed by atoms with Gasteiger partial charge in [-0.15, -0.1) is 11.3 Å². The van der Waals surface area contributed by atoms with E-state index < -0.39 is 0 Å². The van der Waals surface area contributed by atoms with Gasteiger partial charge in [0.2, 0.25) is 0 Å². The van der Waals surface area contributed by atoms with Crippen LogP contribution in [0, 0.1) is 0 Å². The van der Waals surface area contributed by atoms with Crippen molar-refractivity contribution in [3.05, 3.63) is 28.0 Å². The first-order valence-electron chi connectivity index (χ1n) is 6.62. The molecule has 0 radical (unpaired) electrons. The number of hydrogen-bond acceptors (Lipinski definition) is 3. The number of nitrogens with two attached hydrogens (primary N) is 1. The molecular formula is C15H24N2S. The van der Waals surface area contributed by atoms with Crippen LogP contribution in [0.5, 0.6) is 0 Å². The molecule has 0 amide bonds. The molecule has 1 aliphatic rings. The molecule has 0 atom stereocenters. The van der Waals surface area contributed by atoms with Gasteiger partial charge in [0.15, 0.2) is 0 Å². The van der Waals surface area contributed by atoms with Crippen LogP contribution in [0.25, 0.3) is 5.57 Å². The third kappa shape index (κ3) is 3.22. The highest BCUT2D eigenvalue weighted by atomic mass is 32.1. The summed E-state index contributed by atoms with van der Waals surface area (Å²) in [6, 6.07) is 4.47. The second-order valence-electron chi connectivity index (χ2n) is 6.38. The topological polar surface area (TPSA) is 38.0 Å². The minimum atomic E-state index is 0.0646. The number of nitrogens with one attached hydrogen (secondary N) is 1. The molecule has 0 saturated carbocycles. The fourth-order valence-electron chi connectivity index (χ4n) is 2.90. The Balaban J connectivity index is 2.28. The second-order valence-corrected chi connectivity index (χ2v) is 7.55. The fourth-order valence-corrected chi connectivity index (χ4v) is 3.94. The van der Waals surface area contributed by atoms with Gasteiger partial charge in [0.25, 0.3) is 0 Å². The highest BCUT2D eigenvalue weighted by Crippen LogP contribution is 2.36. The zero-order valence-electron chi connectivity index (χ0n) is 11.8. The van der Waals surface area contributed by atoms with E-state index in [0.29, 0.717) is 0 Å². The molecule has 100 valence electrons. The molecule has 1 aromatic heterocycles. The van der Waals surface area contributed by atoms with Gasteiger partial charge in [0, 0.05) is 20.8 Å². The first kappa shape index (κ1) is 13.8. The quantitative estimate of drug-likeness (QED) is 0.880. The Bertz CT molecular complexity index is 455. The molecule has 0 unspecified atom stereocenters. The Kier molecular flexibility index (Phi) is 3.67. The summed E-state index contributed by atoms with van der Waals surface area (Å²) in [6.07, 6.45) is 4.44. The first-order chi connectivity index (χ1) is 8.31. The lowest BCUT2D eigenvalue weighted by atomic mass is 9.83. The third-order valence-electron chi connectivity index (χ3n) is 3.20. The highest BCUT2D eigenvalue weighted by Gasteiger charge is 2.32. The van der Waals surface area contributed by atoms with E-state index in [1.54, 1.807) is 0 Å². The zero-order valence-corrected chi connectivity index (χ0v) is 12.7. The van der Waals surface area contributed by atoms with Crippen LogP contribution in [0.1, 0.15) is 43.9 Å². The van der Waals surface area contributed by atoms with Crippen LogP contribution in [0.15, 0.2) is 18.2 Å². The summed E-state index contributed by atoms with van der Waals surface area (Å²) >= 11 is 1.89. The van der Waals surface area contributed by atoms with Crippen molar-refractivity contribution in [2.45, 2.75) is 51.6 Å². The lowest BCUT2D eigenvalue weighted by Gasteiger charge is -2.41. The van der Waals surface area contributed by atoms with Gasteiger partial charge in [-0.3, -0.25) is 0 Å². The number of hydrogen-bond donors (Lipinski definition) is 2. The van der Waals surface area contributed by atoms with E-state index in [-0.39, 0.29) is 11.1 Å². The molecule has 3 heteroatoms. The van der Waals surface area contributed by atoms with Crippen LogP contribution in [-0.2, 0) is 6.42 Å². The Morgan fingerprint density at radius 3 is 2.61 bits per heavy atom. The van der Waals surface area contributed by atoms with Crippen LogP contribution in [0.2, 0.25) is 0 Å². The van der Waals surface area contributed by atoms with E-state index in [9.17, 15) is 0 Å². The predicted octanol–water partition coefficient (Wildman–Crippen LogP) is 3.18. The molecule has 2 nitrogen and oxygen atoms in total. The van der Waals surface area contributed by atoms with Crippen LogP contribution in [0.4, 0.5) is 0 Å². The van der Waals surface area contributed by atoms with Crippen LogP contribution >= 0.6 is 11.3 Å². The molecule has 18 heavy (non-hydrogen) atoms. The Hall–Kier alpha value is -0.640. The number of rotatable bonds is 3. The molecule has 2 rings (SSSR count). The Labute approximate surface area is 114 Å². The van der Waals surface area contributed by atoms with Gasteiger partial charge in [-0.25, -0.2) is 0 Å². The molecule has 0 spiro atoms. The second kappa shape index (κ2) is 4.80. The summed E-state index contributed by atoms with van der Waals surface area (Å²) in [4.78, 5) is 2.80. The predicted molar refractivity (Wildman–Crippen MR) is 81.0 cm³/mol. The van der Waals surface area contributed by atoms with Gasteiger partial charge < -0.3 is 11.1 Å². The van der Waals surface area contributed by atoms with E-state index in [1.165, 1.54) is 15.3 Å². The summed E-state index contributed by atoms with van der Waals surface area (Å²) in [6.45, 7) is 9.76. The van der Waals surface area contributed by atoms with Crippen LogP contribution < -0.4 is 11.1 Å². The van der Waals surface area contributed by atoms with E-state index in [2.05, 4.69) is 51.2 Å². The lowest BCUT2D eigenvalue weighted by Crippen LogP contribution is -2.53. The highest BCUT2D eigenvalue weighted by molar-refractivity contribution is 7.13. The molecule has 1 aliphatic heterocycles. The monoisotopic (exact) mass is 264 g/mol. The maximum absolute atomic E-state index is 5.62. The normalized spacial score (nSPS) is 21.7. The molecule has 0 aromatic carbocycles. The van der Waals surface area contributed by atoms with Crippen molar-refractivity contribution < 1.29 is 0 Å². The lowest BCUT2D eigenvalue weighted by molar-refractivity contribution is 0.297. The van der Waals surface area contributed by atoms with Crippen molar-refractivity contribution in [3.8, 4) is 0 Å². The van der Waals surface area contributed by atoms with Crippen molar-refractivity contribution in [1.82, 2.24) is 5.32 Å². The van der Waals surface area contributed by atoms with Gasteiger partial charge in [0.05, 0.1) is 0 Å². The van der Waals surface area contributed by atoms with E-state index >= 15 is 0 Å². The summed E-state index contributed by atoms with van der Waals surface area (Å²) in [7, 11) is 0. The molecule has 2 heterocycles. The molecular weight excluding hydrogens is 240 g/mol. The molecule has 0 bridgehead atoms. The minimum absolute atomic E-state index is 0.0646. The van der Waals surface area contributed by atoms with Gasteiger partial charge in [-0.1, -0.05) is 6.08 Å². The van der Waals surface area contributed by atoms with Crippen LogP contribution in [0.3, 0.4) is 0 Å². The largest absolute Gasteiger partial charge is 0.330 e. The van der Waals surface area contributed by atoms with Crippen molar-refractivity contribution >= 4 is 16.9 Å². The van der Waals surface area contributed by atoms with Gasteiger partial charge in [0.1, 0.15) is 0 Å². The average molecular weight is 264 g/mol. The van der Waals surface area contributed by atoms with Gasteiger partial charge >= 0.3 is 0 Å². The van der Waals surface area contributed by atoms with E-state index in [0.717, 1.165) is 19.4 Å². The maximum atomic E-state index is 5.62. The fraction of sp³-hybridized carbons (Fsp3) is 0.600. The van der Waals surface area contributed by atoms with Gasteiger partial charge in [-0.2, -0.15) is 0 Å². The summed E-state index contributed by atoms with van der Waals surface area (Å²) in [5.74, 6) is 0. The zero-order chi connectivity index (χ0) is 13.4. The Morgan fingerprint density at radius 2 is 2.00 bits per heavy atom. The SMILES string of the molecule is CC1(C)C=C(c2ccc(CCN)s2)CC(C)(C)N1. The molecule has 1 aromatic rings. The standard InChI is InChI=1S/C15H24N2S/c1-14(2)9-11(10-15(3,4)17-14)13-6-5-12(18-13)7-8-16/h5-6,9,17H,7-8,10,16H2,1-4H3. The molecule has 0 aliphatic carbocycles. The Morgan fingerprint density at radius 1 is 1.28 bits per heavy atom. The summed E-state index contributed by atoms with van der Waals surface area (Å²) < 4.78 is 0. The van der Waals surface area contributed by atoms with Gasteiger partial charge in [-0.05, 0) is 64.8 Å². The average Bonchev–Trinajstić information content (AvgIpc) is 2.62. The summed E-state index contributed by atoms with van der Waals surface area (Å²) in [5, 5.41) is 3.67. The van der Waals surface area contributed by atoms with E-state index in [4.69, 9.17) is 5.73 Å². The molecule has 0 saturated heterocycles. The third-order valence-corrected chi connectivity index (χ3v) is 4.42. The van der Waals surface area contributed by atoms with Crippen molar-refractivity contribution in [1.29, 1.82) is 0 Å². The van der Waals surface area contributed by atoms with Crippen LogP contribution in [-0.4, -0.2) is 17.6 Å². The minimum Gasteiger partial charge on any atom is -0.330 e. The summed E-state index contributed by atoms with van der Waals surface area (Å²) in [5.41, 5.74) is 7.31.